The van der Waals surface area contributed by atoms with Crippen molar-refractivity contribution in [3.05, 3.63) is 53.1 Å². The van der Waals surface area contributed by atoms with Gasteiger partial charge in [-0.15, -0.1) is 0 Å². The molecule has 1 atom stereocenters. The SMILES string of the molecule is O=S(=O)(NCc1ccccc1Cl)c1cc([S])cc([AsH2])c1. The standard InChI is InChI=1S/C13H12AsClNO2S2/c14-10-5-11(19)7-12(6-10)20(17,18)16-8-9-3-1-2-4-13(9)15/h1-7,16H,8,14H2. The van der Waals surface area contributed by atoms with Crippen LogP contribution in [0.1, 0.15) is 5.56 Å². The molecular formula is C13H12AsClNO2S2. The Hall–Kier alpha value is -0.582. The van der Waals surface area contributed by atoms with E-state index >= 15 is 0 Å². The number of halogens is 1. The van der Waals surface area contributed by atoms with E-state index in [0.717, 1.165) is 9.91 Å². The summed E-state index contributed by atoms with van der Waals surface area (Å²) < 4.78 is 27.9. The van der Waals surface area contributed by atoms with Crippen molar-refractivity contribution in [1.29, 1.82) is 0 Å². The van der Waals surface area contributed by atoms with E-state index in [2.05, 4.69) is 4.72 Å². The Labute approximate surface area is 137 Å². The maximum absolute atomic E-state index is 12.2. The van der Waals surface area contributed by atoms with Gasteiger partial charge in [0, 0.05) is 0 Å². The minimum atomic E-state index is -3.59. The third-order valence-corrected chi connectivity index (χ3v) is 5.31. The molecule has 7 heteroatoms. The molecule has 1 radical (unpaired) electrons. The van der Waals surface area contributed by atoms with Crippen molar-refractivity contribution >= 4 is 55.5 Å². The van der Waals surface area contributed by atoms with E-state index in [9.17, 15) is 8.42 Å². The van der Waals surface area contributed by atoms with Crippen LogP contribution in [0.25, 0.3) is 0 Å². The Morgan fingerprint density at radius 1 is 1.20 bits per heavy atom. The fourth-order valence-electron chi connectivity index (χ4n) is 1.65. The molecule has 105 valence electrons. The molecule has 20 heavy (non-hydrogen) atoms. The second kappa shape index (κ2) is 6.46. The Bertz CT molecular complexity index is 715. The molecule has 0 aliphatic carbocycles. The van der Waals surface area contributed by atoms with Crippen LogP contribution < -0.4 is 9.07 Å². The molecule has 0 fully saturated rings. The Morgan fingerprint density at radius 3 is 2.55 bits per heavy atom. The van der Waals surface area contributed by atoms with Crippen molar-refractivity contribution in [2.45, 2.75) is 16.3 Å². The average Bonchev–Trinajstić information content (AvgIpc) is 2.37. The van der Waals surface area contributed by atoms with Crippen molar-refractivity contribution in [3.8, 4) is 0 Å². The van der Waals surface area contributed by atoms with Gasteiger partial charge in [0.05, 0.1) is 0 Å². The zero-order valence-electron chi connectivity index (χ0n) is 10.3. The Kier molecular flexibility index (Phi) is 5.10. The number of hydrogen-bond acceptors (Lipinski definition) is 2. The van der Waals surface area contributed by atoms with Gasteiger partial charge in [0.15, 0.2) is 0 Å². The molecule has 2 aromatic carbocycles. The van der Waals surface area contributed by atoms with E-state index in [0.29, 0.717) is 9.92 Å². The molecule has 2 aromatic rings. The van der Waals surface area contributed by atoms with E-state index in [1.54, 1.807) is 30.3 Å². The summed E-state index contributed by atoms with van der Waals surface area (Å²) in [4.78, 5) is 0.710. The first kappa shape index (κ1) is 15.8. The summed E-state index contributed by atoms with van der Waals surface area (Å²) >= 11 is 12.4. The van der Waals surface area contributed by atoms with Crippen LogP contribution in [0, 0.1) is 0 Å². The predicted octanol–water partition coefficient (Wildman–Crippen LogP) is 1.63. The quantitative estimate of drug-likeness (QED) is 0.809. The van der Waals surface area contributed by atoms with Gasteiger partial charge in [0.2, 0.25) is 0 Å². The molecule has 3 nitrogen and oxygen atoms in total. The second-order valence-electron chi connectivity index (χ2n) is 4.15. The zero-order valence-corrected chi connectivity index (χ0v) is 15.1. The molecule has 0 aromatic heterocycles. The maximum atomic E-state index is 12.2. The van der Waals surface area contributed by atoms with Gasteiger partial charge in [-0.05, 0) is 0 Å². The Morgan fingerprint density at radius 2 is 1.90 bits per heavy atom. The molecule has 0 amide bonds. The van der Waals surface area contributed by atoms with Crippen LogP contribution in [-0.2, 0) is 16.6 Å². The van der Waals surface area contributed by atoms with Crippen LogP contribution in [0.3, 0.4) is 0 Å². The van der Waals surface area contributed by atoms with Crippen LogP contribution in [0.2, 0.25) is 5.02 Å². The third kappa shape index (κ3) is 3.96. The minimum absolute atomic E-state index is 0.147. The van der Waals surface area contributed by atoms with Crippen molar-refractivity contribution in [1.82, 2.24) is 4.72 Å². The molecule has 0 saturated heterocycles. The molecular weight excluding hydrogens is 377 g/mol. The van der Waals surface area contributed by atoms with Gasteiger partial charge in [-0.25, -0.2) is 0 Å². The van der Waals surface area contributed by atoms with Crippen molar-refractivity contribution in [2.24, 2.45) is 0 Å². The number of sulfonamides is 1. The monoisotopic (exact) mass is 388 g/mol. The summed E-state index contributed by atoms with van der Waals surface area (Å²) in [5.74, 6) is 0. The molecule has 1 unspecified atom stereocenters. The molecule has 0 aliphatic heterocycles. The number of rotatable bonds is 4. The van der Waals surface area contributed by atoms with Crippen molar-refractivity contribution < 1.29 is 8.42 Å². The van der Waals surface area contributed by atoms with E-state index in [4.69, 9.17) is 24.2 Å². The summed E-state index contributed by atoms with van der Waals surface area (Å²) in [6, 6.07) is 12.0. The molecule has 0 heterocycles. The molecule has 0 aliphatic rings. The van der Waals surface area contributed by atoms with Gasteiger partial charge in [0.25, 0.3) is 0 Å². The van der Waals surface area contributed by atoms with E-state index in [-0.39, 0.29) is 11.4 Å². The summed E-state index contributed by atoms with van der Waals surface area (Å²) in [5, 5.41) is 0.534. The van der Waals surface area contributed by atoms with Crippen LogP contribution in [0.15, 0.2) is 52.3 Å². The van der Waals surface area contributed by atoms with E-state index in [1.807, 2.05) is 6.07 Å². The van der Waals surface area contributed by atoms with E-state index in [1.165, 1.54) is 22.9 Å². The van der Waals surface area contributed by atoms with Gasteiger partial charge < -0.3 is 0 Å². The fourth-order valence-corrected chi connectivity index (χ4v) is 4.53. The summed E-state index contributed by atoms with van der Waals surface area (Å²) in [7, 11) is -3.59. The van der Waals surface area contributed by atoms with Crippen LogP contribution in [-0.4, -0.2) is 25.3 Å². The first-order chi connectivity index (χ1) is 9.38. The topological polar surface area (TPSA) is 46.2 Å². The number of benzene rings is 2. The fraction of sp³-hybridized carbons (Fsp3) is 0.0769. The van der Waals surface area contributed by atoms with Gasteiger partial charge >= 0.3 is 138 Å². The van der Waals surface area contributed by atoms with Gasteiger partial charge in [-0.2, -0.15) is 0 Å². The molecule has 2 rings (SSSR count). The van der Waals surface area contributed by atoms with Gasteiger partial charge in [0.1, 0.15) is 0 Å². The van der Waals surface area contributed by atoms with Crippen molar-refractivity contribution in [2.75, 3.05) is 0 Å². The molecule has 0 bridgehead atoms. The third-order valence-electron chi connectivity index (χ3n) is 2.62. The molecule has 0 spiro atoms. The van der Waals surface area contributed by atoms with Crippen LogP contribution in [0.4, 0.5) is 0 Å². The summed E-state index contributed by atoms with van der Waals surface area (Å²) in [6.07, 6.45) is 0. The zero-order chi connectivity index (χ0) is 14.8. The Balaban J connectivity index is 2.22. The van der Waals surface area contributed by atoms with Crippen LogP contribution in [0.5, 0.6) is 0 Å². The molecule has 1 N–H and O–H groups in total. The average molecular weight is 389 g/mol. The van der Waals surface area contributed by atoms with Crippen molar-refractivity contribution in [3.63, 3.8) is 0 Å². The second-order valence-corrected chi connectivity index (χ2v) is 8.20. The first-order valence-electron chi connectivity index (χ1n) is 5.69. The van der Waals surface area contributed by atoms with Crippen LogP contribution >= 0.6 is 24.2 Å². The van der Waals surface area contributed by atoms with E-state index < -0.39 is 10.0 Å². The van der Waals surface area contributed by atoms with Gasteiger partial charge in [-0.3, -0.25) is 0 Å². The summed E-state index contributed by atoms with van der Waals surface area (Å²) in [6.45, 7) is 0.147. The molecule has 0 saturated carbocycles. The normalized spacial score (nSPS) is 11.5. The number of hydrogen-bond donors (Lipinski definition) is 1. The predicted molar refractivity (Wildman–Crippen MR) is 86.0 cm³/mol. The first-order valence-corrected chi connectivity index (χ1v) is 9.17. The van der Waals surface area contributed by atoms with Gasteiger partial charge in [-0.1, -0.05) is 0 Å². The number of nitrogens with one attached hydrogen (secondary N) is 1. The summed E-state index contributed by atoms with van der Waals surface area (Å²) in [5.41, 5.74) is 0.730.